The molecule has 4 heteroatoms. The second kappa shape index (κ2) is 5.23. The van der Waals surface area contributed by atoms with Crippen molar-refractivity contribution in [2.45, 2.75) is 12.5 Å². The molecule has 2 aromatic rings. The van der Waals surface area contributed by atoms with E-state index in [1.54, 1.807) is 14.2 Å². The van der Waals surface area contributed by atoms with E-state index in [-0.39, 0.29) is 0 Å². The first kappa shape index (κ1) is 12.5. The maximum absolute atomic E-state index is 5.40. The zero-order valence-electron chi connectivity index (χ0n) is 11.1. The second-order valence-electron chi connectivity index (χ2n) is 4.61. The lowest BCUT2D eigenvalue weighted by atomic mass is 9.92. The van der Waals surface area contributed by atoms with Crippen LogP contribution in [0.1, 0.15) is 21.9 Å². The molecular weight excluding hydrogens is 258 g/mol. The van der Waals surface area contributed by atoms with Crippen LogP contribution in [0.3, 0.4) is 0 Å². The number of nitrogens with one attached hydrogen (secondary N) is 1. The molecule has 0 bridgehead atoms. The van der Waals surface area contributed by atoms with Crippen LogP contribution < -0.4 is 14.8 Å². The number of thiophene rings is 1. The molecule has 1 unspecified atom stereocenters. The number of hydrogen-bond acceptors (Lipinski definition) is 4. The fourth-order valence-corrected chi connectivity index (χ4v) is 3.64. The number of hydrogen-bond donors (Lipinski definition) is 1. The Balaban J connectivity index is 2.00. The third-order valence-electron chi connectivity index (χ3n) is 3.57. The lowest BCUT2D eigenvalue weighted by Gasteiger charge is -2.24. The van der Waals surface area contributed by atoms with Crippen LogP contribution in [0.2, 0.25) is 0 Å². The summed E-state index contributed by atoms with van der Waals surface area (Å²) in [6.45, 7) is 1.95. The zero-order valence-corrected chi connectivity index (χ0v) is 11.9. The molecule has 3 nitrogen and oxygen atoms in total. The van der Waals surface area contributed by atoms with Crippen LogP contribution >= 0.6 is 11.3 Å². The molecule has 0 fully saturated rings. The molecule has 0 radical (unpaired) electrons. The highest BCUT2D eigenvalue weighted by Gasteiger charge is 2.23. The van der Waals surface area contributed by atoms with E-state index in [9.17, 15) is 0 Å². The van der Waals surface area contributed by atoms with E-state index in [0.717, 1.165) is 24.6 Å². The Bertz CT molecular complexity index is 579. The van der Waals surface area contributed by atoms with Gasteiger partial charge in [-0.1, -0.05) is 6.07 Å². The molecule has 0 aliphatic carbocycles. The lowest BCUT2D eigenvalue weighted by Crippen LogP contribution is -2.27. The van der Waals surface area contributed by atoms with Gasteiger partial charge >= 0.3 is 0 Å². The summed E-state index contributed by atoms with van der Waals surface area (Å²) >= 11 is 1.84. The third kappa shape index (κ3) is 2.22. The minimum atomic E-state index is 0.406. The Hall–Kier alpha value is -1.52. The molecule has 0 spiro atoms. The molecule has 1 N–H and O–H groups in total. The Labute approximate surface area is 117 Å². The molecule has 1 atom stereocenters. The summed E-state index contributed by atoms with van der Waals surface area (Å²) in [5, 5.41) is 5.65. The van der Waals surface area contributed by atoms with Gasteiger partial charge in [-0.25, -0.2) is 0 Å². The quantitative estimate of drug-likeness (QED) is 0.934. The second-order valence-corrected chi connectivity index (χ2v) is 5.56. The Morgan fingerprint density at radius 2 is 2.00 bits per heavy atom. The van der Waals surface area contributed by atoms with Gasteiger partial charge in [-0.2, -0.15) is 0 Å². The minimum absolute atomic E-state index is 0.406. The smallest absolute Gasteiger partial charge is 0.161 e. The van der Waals surface area contributed by atoms with Crippen LogP contribution in [-0.4, -0.2) is 20.8 Å². The summed E-state index contributed by atoms with van der Waals surface area (Å²) in [5.41, 5.74) is 2.68. The van der Waals surface area contributed by atoms with Gasteiger partial charge in [-0.05, 0) is 34.7 Å². The van der Waals surface area contributed by atoms with Crippen LogP contribution in [0.5, 0.6) is 11.5 Å². The van der Waals surface area contributed by atoms with Gasteiger partial charge in [0.15, 0.2) is 11.5 Å². The Morgan fingerprint density at radius 1 is 1.16 bits per heavy atom. The summed E-state index contributed by atoms with van der Waals surface area (Å²) in [4.78, 5) is 1.46. The van der Waals surface area contributed by atoms with Crippen LogP contribution in [0.4, 0.5) is 0 Å². The number of benzene rings is 1. The average molecular weight is 275 g/mol. The van der Waals surface area contributed by atoms with Gasteiger partial charge in [0.2, 0.25) is 0 Å². The van der Waals surface area contributed by atoms with Crippen LogP contribution in [0.15, 0.2) is 29.6 Å². The summed E-state index contributed by atoms with van der Waals surface area (Å²) < 4.78 is 10.7. The van der Waals surface area contributed by atoms with Gasteiger partial charge in [0, 0.05) is 23.9 Å². The Kier molecular flexibility index (Phi) is 3.44. The molecule has 0 amide bonds. The maximum Gasteiger partial charge on any atom is 0.161 e. The molecule has 0 saturated carbocycles. The molecule has 1 aliphatic rings. The highest BCUT2D eigenvalue weighted by atomic mass is 32.1. The summed E-state index contributed by atoms with van der Waals surface area (Å²) in [6.07, 6.45) is 0. The van der Waals surface area contributed by atoms with Crippen molar-refractivity contribution in [1.82, 2.24) is 5.32 Å². The normalized spacial score (nSPS) is 17.9. The molecule has 3 rings (SSSR count). The molecule has 1 aromatic carbocycles. The van der Waals surface area contributed by atoms with E-state index in [2.05, 4.69) is 28.9 Å². The molecule has 2 heterocycles. The van der Waals surface area contributed by atoms with E-state index < -0.39 is 0 Å². The van der Waals surface area contributed by atoms with E-state index in [0.29, 0.717) is 5.92 Å². The predicted octanol–water partition coefficient (Wildman–Crippen LogP) is 3.00. The van der Waals surface area contributed by atoms with Crippen molar-refractivity contribution in [2.75, 3.05) is 20.8 Å². The van der Waals surface area contributed by atoms with E-state index in [4.69, 9.17) is 9.47 Å². The molecule has 0 saturated heterocycles. The van der Waals surface area contributed by atoms with Crippen molar-refractivity contribution in [3.8, 4) is 11.5 Å². The molecule has 100 valence electrons. The molecular formula is C15H17NO2S. The van der Waals surface area contributed by atoms with Gasteiger partial charge in [0.05, 0.1) is 14.2 Å². The van der Waals surface area contributed by atoms with Crippen molar-refractivity contribution in [3.63, 3.8) is 0 Å². The van der Waals surface area contributed by atoms with Crippen LogP contribution in [-0.2, 0) is 6.54 Å². The van der Waals surface area contributed by atoms with E-state index >= 15 is 0 Å². The fraction of sp³-hybridized carbons (Fsp3) is 0.333. The summed E-state index contributed by atoms with van der Waals surface area (Å²) in [6, 6.07) is 8.40. The Morgan fingerprint density at radius 3 is 2.79 bits per heavy atom. The van der Waals surface area contributed by atoms with Crippen molar-refractivity contribution < 1.29 is 9.47 Å². The van der Waals surface area contributed by atoms with Gasteiger partial charge in [0.25, 0.3) is 0 Å². The van der Waals surface area contributed by atoms with Gasteiger partial charge in [-0.15, -0.1) is 11.3 Å². The van der Waals surface area contributed by atoms with Gasteiger partial charge < -0.3 is 14.8 Å². The van der Waals surface area contributed by atoms with Crippen molar-refractivity contribution in [3.05, 3.63) is 45.6 Å². The molecule has 1 aliphatic heterocycles. The average Bonchev–Trinajstić information content (AvgIpc) is 2.94. The standard InChI is InChI=1S/C15H17NO2S/c1-17-13-4-3-10(7-14(13)18-2)12-9-16-8-11-5-6-19-15(11)12/h3-7,12,16H,8-9H2,1-2H3. The maximum atomic E-state index is 5.40. The molecule has 1 aromatic heterocycles. The first-order valence-corrected chi connectivity index (χ1v) is 7.20. The number of ether oxygens (including phenoxy) is 2. The zero-order chi connectivity index (χ0) is 13.2. The number of methoxy groups -OCH3 is 2. The first-order valence-electron chi connectivity index (χ1n) is 6.32. The molecule has 19 heavy (non-hydrogen) atoms. The van der Waals surface area contributed by atoms with E-state index in [1.807, 2.05) is 17.4 Å². The van der Waals surface area contributed by atoms with Crippen LogP contribution in [0.25, 0.3) is 0 Å². The van der Waals surface area contributed by atoms with Crippen LogP contribution in [0, 0.1) is 0 Å². The SMILES string of the molecule is COc1ccc(C2CNCc3ccsc32)cc1OC. The highest BCUT2D eigenvalue weighted by Crippen LogP contribution is 2.37. The predicted molar refractivity (Wildman–Crippen MR) is 77.4 cm³/mol. The number of rotatable bonds is 3. The van der Waals surface area contributed by atoms with Gasteiger partial charge in [-0.3, -0.25) is 0 Å². The summed E-state index contributed by atoms with van der Waals surface area (Å²) in [7, 11) is 3.34. The number of fused-ring (bicyclic) bond motifs is 1. The van der Waals surface area contributed by atoms with Gasteiger partial charge in [0.1, 0.15) is 0 Å². The van der Waals surface area contributed by atoms with Crippen molar-refractivity contribution >= 4 is 11.3 Å². The topological polar surface area (TPSA) is 30.5 Å². The monoisotopic (exact) mass is 275 g/mol. The first-order chi connectivity index (χ1) is 9.33. The summed E-state index contributed by atoms with van der Waals surface area (Å²) in [5.74, 6) is 1.98. The third-order valence-corrected chi connectivity index (χ3v) is 4.64. The minimum Gasteiger partial charge on any atom is -0.493 e. The largest absolute Gasteiger partial charge is 0.493 e. The highest BCUT2D eigenvalue weighted by molar-refractivity contribution is 7.10. The fourth-order valence-electron chi connectivity index (χ4n) is 2.58. The van der Waals surface area contributed by atoms with Crippen molar-refractivity contribution in [1.29, 1.82) is 0 Å². The lowest BCUT2D eigenvalue weighted by molar-refractivity contribution is 0.354. The van der Waals surface area contributed by atoms with E-state index in [1.165, 1.54) is 16.0 Å². The van der Waals surface area contributed by atoms with Crippen molar-refractivity contribution in [2.24, 2.45) is 0 Å².